The van der Waals surface area contributed by atoms with Gasteiger partial charge in [-0.15, -0.1) is 13.2 Å². The van der Waals surface area contributed by atoms with Crippen molar-refractivity contribution in [2.45, 2.75) is 32.4 Å². The number of anilines is 2. The van der Waals surface area contributed by atoms with E-state index in [4.69, 9.17) is 9.47 Å². The molecular formula is C20H21F3N2O4. The minimum atomic E-state index is -4.77. The summed E-state index contributed by atoms with van der Waals surface area (Å²) in [6.07, 6.45) is -5.45. The first-order valence-electron chi connectivity index (χ1n) is 9.03. The number of carbonyl (C=O) groups is 1. The van der Waals surface area contributed by atoms with E-state index in [1.807, 2.05) is 26.0 Å². The zero-order valence-corrected chi connectivity index (χ0v) is 15.9. The topological polar surface area (TPSA) is 60.0 Å². The average molecular weight is 410 g/mol. The molecule has 0 bridgehead atoms. The molecular weight excluding hydrogens is 389 g/mol. The summed E-state index contributed by atoms with van der Waals surface area (Å²) >= 11 is 0. The fourth-order valence-corrected chi connectivity index (χ4v) is 3.16. The first-order chi connectivity index (χ1) is 13.7. The molecule has 1 fully saturated rings. The third-order valence-electron chi connectivity index (χ3n) is 4.16. The summed E-state index contributed by atoms with van der Waals surface area (Å²) in [5.74, 6) is 0.000597. The van der Waals surface area contributed by atoms with Crippen molar-refractivity contribution in [1.82, 2.24) is 0 Å². The van der Waals surface area contributed by atoms with Crippen LogP contribution in [0.25, 0.3) is 0 Å². The molecule has 156 valence electrons. The number of alkyl halides is 3. The van der Waals surface area contributed by atoms with E-state index >= 15 is 0 Å². The highest BCUT2D eigenvalue weighted by Gasteiger charge is 2.31. The van der Waals surface area contributed by atoms with Crippen molar-refractivity contribution >= 4 is 17.5 Å². The zero-order chi connectivity index (χ0) is 21.0. The largest absolute Gasteiger partial charge is 0.573 e. The molecule has 2 atom stereocenters. The van der Waals surface area contributed by atoms with Gasteiger partial charge in [0.2, 0.25) is 0 Å². The molecule has 1 saturated heterocycles. The van der Waals surface area contributed by atoms with Crippen molar-refractivity contribution in [3.63, 3.8) is 0 Å². The smallest absolute Gasteiger partial charge is 0.408 e. The number of morpholine rings is 1. The van der Waals surface area contributed by atoms with Gasteiger partial charge in [-0.3, -0.25) is 5.32 Å². The summed E-state index contributed by atoms with van der Waals surface area (Å²) in [4.78, 5) is 14.4. The van der Waals surface area contributed by atoms with Crippen molar-refractivity contribution in [1.29, 1.82) is 0 Å². The fourth-order valence-electron chi connectivity index (χ4n) is 3.16. The van der Waals surface area contributed by atoms with Crippen LogP contribution in [0, 0.1) is 0 Å². The highest BCUT2D eigenvalue weighted by molar-refractivity contribution is 5.87. The molecule has 0 saturated carbocycles. The van der Waals surface area contributed by atoms with Gasteiger partial charge in [0, 0.05) is 18.8 Å². The number of halogens is 3. The van der Waals surface area contributed by atoms with E-state index in [2.05, 4.69) is 15.0 Å². The van der Waals surface area contributed by atoms with Crippen LogP contribution in [0.5, 0.6) is 11.5 Å². The van der Waals surface area contributed by atoms with Crippen LogP contribution >= 0.6 is 0 Å². The Balaban J connectivity index is 1.65. The Kier molecular flexibility index (Phi) is 6.17. The van der Waals surface area contributed by atoms with Gasteiger partial charge in [0.25, 0.3) is 0 Å². The van der Waals surface area contributed by atoms with E-state index < -0.39 is 12.5 Å². The van der Waals surface area contributed by atoms with Crippen LogP contribution < -0.4 is 19.7 Å². The molecule has 1 amide bonds. The van der Waals surface area contributed by atoms with E-state index in [1.54, 1.807) is 12.1 Å². The number of ether oxygens (including phenoxy) is 3. The second-order valence-electron chi connectivity index (χ2n) is 6.72. The van der Waals surface area contributed by atoms with E-state index in [-0.39, 0.29) is 23.6 Å². The lowest BCUT2D eigenvalue weighted by molar-refractivity contribution is -0.274. The molecule has 0 radical (unpaired) electrons. The Bertz CT molecular complexity index is 832. The number of benzene rings is 2. The number of nitrogens with one attached hydrogen (secondary N) is 1. The predicted molar refractivity (Wildman–Crippen MR) is 101 cm³/mol. The van der Waals surface area contributed by atoms with Crippen molar-refractivity contribution < 1.29 is 32.2 Å². The number of hydrogen-bond acceptors (Lipinski definition) is 5. The quantitative estimate of drug-likeness (QED) is 0.784. The number of amides is 1. The number of nitrogens with zero attached hydrogens (tertiary/aromatic N) is 1. The summed E-state index contributed by atoms with van der Waals surface area (Å²) < 4.78 is 51.6. The number of carbonyl (C=O) groups excluding carboxylic acids is 1. The fraction of sp³-hybridized carbons (Fsp3) is 0.350. The lowest BCUT2D eigenvalue weighted by Gasteiger charge is -2.37. The molecule has 0 aliphatic carbocycles. The van der Waals surface area contributed by atoms with Crippen molar-refractivity contribution in [2.75, 3.05) is 23.3 Å². The molecule has 6 nitrogen and oxygen atoms in total. The minimum absolute atomic E-state index is 0.0399. The second-order valence-corrected chi connectivity index (χ2v) is 6.72. The van der Waals surface area contributed by atoms with Crippen molar-refractivity contribution in [3.8, 4) is 11.5 Å². The summed E-state index contributed by atoms with van der Waals surface area (Å²) in [7, 11) is 0. The third-order valence-corrected chi connectivity index (χ3v) is 4.16. The minimum Gasteiger partial charge on any atom is -0.408 e. The number of hydrogen-bond donors (Lipinski definition) is 1. The summed E-state index contributed by atoms with van der Waals surface area (Å²) in [5.41, 5.74) is 1.04. The maximum atomic E-state index is 12.3. The van der Waals surface area contributed by atoms with E-state index in [0.717, 1.165) is 17.8 Å². The Morgan fingerprint density at radius 2 is 1.69 bits per heavy atom. The zero-order valence-electron chi connectivity index (χ0n) is 15.9. The number of para-hydroxylation sites is 2. The van der Waals surface area contributed by atoms with E-state index in [1.165, 1.54) is 12.1 Å². The van der Waals surface area contributed by atoms with Crippen LogP contribution in [-0.4, -0.2) is 37.8 Å². The first-order valence-corrected chi connectivity index (χ1v) is 9.03. The van der Waals surface area contributed by atoms with Gasteiger partial charge in [-0.2, -0.15) is 0 Å². The van der Waals surface area contributed by atoms with Crippen LogP contribution in [0.15, 0.2) is 48.5 Å². The molecule has 29 heavy (non-hydrogen) atoms. The van der Waals surface area contributed by atoms with E-state index in [0.29, 0.717) is 18.8 Å². The van der Waals surface area contributed by atoms with Gasteiger partial charge in [-0.1, -0.05) is 12.1 Å². The maximum Gasteiger partial charge on any atom is 0.573 e. The van der Waals surface area contributed by atoms with Crippen LogP contribution in [0.1, 0.15) is 13.8 Å². The van der Waals surface area contributed by atoms with Gasteiger partial charge in [0.05, 0.1) is 17.9 Å². The lowest BCUT2D eigenvalue weighted by Crippen LogP contribution is -2.45. The highest BCUT2D eigenvalue weighted by atomic mass is 19.4. The summed E-state index contributed by atoms with van der Waals surface area (Å²) in [5, 5.41) is 2.49. The second kappa shape index (κ2) is 8.60. The Labute approximate surface area is 166 Å². The van der Waals surface area contributed by atoms with Gasteiger partial charge in [0.15, 0.2) is 5.75 Å². The average Bonchev–Trinajstić information content (AvgIpc) is 2.62. The maximum absolute atomic E-state index is 12.3. The van der Waals surface area contributed by atoms with Gasteiger partial charge < -0.3 is 19.1 Å². The molecule has 1 aliphatic rings. The Morgan fingerprint density at radius 1 is 1.07 bits per heavy atom. The van der Waals surface area contributed by atoms with E-state index in [9.17, 15) is 18.0 Å². The van der Waals surface area contributed by atoms with Gasteiger partial charge in [-0.25, -0.2) is 4.79 Å². The van der Waals surface area contributed by atoms with Crippen LogP contribution in [-0.2, 0) is 4.74 Å². The standard InChI is InChI=1S/C20H21F3N2O4/c1-13-11-25(12-14(2)27-13)17-5-3-4-6-18(17)28-19(26)24-15-7-9-16(10-8-15)29-20(21,22)23/h3-10,13-14H,11-12H2,1-2H3,(H,24,26)/t13-,14+. The molecule has 3 rings (SSSR count). The lowest BCUT2D eigenvalue weighted by atomic mass is 10.2. The third kappa shape index (κ3) is 6.02. The van der Waals surface area contributed by atoms with Crippen molar-refractivity contribution in [3.05, 3.63) is 48.5 Å². The van der Waals surface area contributed by atoms with Gasteiger partial charge >= 0.3 is 12.5 Å². The molecule has 2 aromatic rings. The SMILES string of the molecule is C[C@@H]1CN(c2ccccc2OC(=O)Nc2ccc(OC(F)(F)F)cc2)C[C@H](C)O1. The molecule has 0 spiro atoms. The van der Waals surface area contributed by atoms with Crippen LogP contribution in [0.3, 0.4) is 0 Å². The first kappa shape index (κ1) is 20.8. The molecule has 1 aliphatic heterocycles. The molecule has 1 N–H and O–H groups in total. The normalized spacial score (nSPS) is 19.6. The molecule has 1 heterocycles. The molecule has 9 heteroatoms. The van der Waals surface area contributed by atoms with Gasteiger partial charge in [0.1, 0.15) is 5.75 Å². The van der Waals surface area contributed by atoms with Crippen molar-refractivity contribution in [2.24, 2.45) is 0 Å². The van der Waals surface area contributed by atoms with Gasteiger partial charge in [-0.05, 0) is 50.2 Å². The summed E-state index contributed by atoms with van der Waals surface area (Å²) in [6.45, 7) is 5.27. The number of rotatable bonds is 4. The predicted octanol–water partition coefficient (Wildman–Crippen LogP) is 4.81. The molecule has 0 aromatic heterocycles. The molecule has 2 aromatic carbocycles. The monoisotopic (exact) mass is 410 g/mol. The van der Waals surface area contributed by atoms with Crippen LogP contribution in [0.4, 0.5) is 29.3 Å². The summed E-state index contributed by atoms with van der Waals surface area (Å²) in [6, 6.07) is 11.9. The van der Waals surface area contributed by atoms with Crippen LogP contribution in [0.2, 0.25) is 0 Å². The Morgan fingerprint density at radius 3 is 2.31 bits per heavy atom. The molecule has 0 unspecified atom stereocenters. The highest BCUT2D eigenvalue weighted by Crippen LogP contribution is 2.31. The Hall–Kier alpha value is -2.94.